The van der Waals surface area contributed by atoms with Crippen LogP contribution in [0.4, 0.5) is 0 Å². The Balaban J connectivity index is 1.87. The van der Waals surface area contributed by atoms with Crippen molar-refractivity contribution in [2.75, 3.05) is 6.61 Å². The minimum atomic E-state index is -1.69. The minimum Gasteiger partial charge on any atom is -0.417 e. The molecular formula is C24H35BrClN3OSi. The first-order chi connectivity index (χ1) is 14.5. The number of unbranched alkanes of at least 4 members (excludes halogenated alkanes) is 2. The van der Waals surface area contributed by atoms with Gasteiger partial charge >= 0.3 is 0 Å². The Morgan fingerprint density at radius 1 is 1.13 bits per heavy atom. The lowest BCUT2D eigenvalue weighted by Gasteiger charge is -2.36. The third-order valence-electron chi connectivity index (χ3n) is 6.47. The van der Waals surface area contributed by atoms with Crippen molar-refractivity contribution in [2.24, 2.45) is 0 Å². The van der Waals surface area contributed by atoms with Gasteiger partial charge in [-0.1, -0.05) is 61.6 Å². The number of nitrogens with zero attached hydrogens (tertiary/aromatic N) is 3. The van der Waals surface area contributed by atoms with E-state index in [1.807, 2.05) is 12.1 Å². The molecule has 0 aliphatic rings. The van der Waals surface area contributed by atoms with Crippen LogP contribution < -0.4 is 0 Å². The summed E-state index contributed by atoms with van der Waals surface area (Å²) in [6.45, 7) is 15.5. The zero-order valence-corrected chi connectivity index (χ0v) is 23.0. The lowest BCUT2D eigenvalue weighted by Crippen LogP contribution is -2.40. The lowest BCUT2D eigenvalue weighted by molar-refractivity contribution is 0.276. The van der Waals surface area contributed by atoms with Gasteiger partial charge in [-0.2, -0.15) is 0 Å². The highest BCUT2D eigenvalue weighted by atomic mass is 79.9. The fraction of sp³-hybridized carbons (Fsp3) is 0.583. The number of pyridine rings is 1. The Bertz CT molecular complexity index is 1060. The molecule has 0 bridgehead atoms. The van der Waals surface area contributed by atoms with Crippen molar-refractivity contribution in [1.82, 2.24) is 14.5 Å². The largest absolute Gasteiger partial charge is 0.417 e. The summed E-state index contributed by atoms with van der Waals surface area (Å²) in [6.07, 6.45) is 5.30. The Morgan fingerprint density at radius 2 is 1.87 bits per heavy atom. The van der Waals surface area contributed by atoms with Gasteiger partial charge in [0.1, 0.15) is 11.3 Å². The smallest absolute Gasteiger partial charge is 0.191 e. The SMILES string of the molecule is CCCCc1nc2c(Cl)nc3ccc(Br)cc3c2n1CCCCO[Si](C)(C)C(C)(C)C. The van der Waals surface area contributed by atoms with Crippen LogP contribution in [0.1, 0.15) is 59.2 Å². The fourth-order valence-electron chi connectivity index (χ4n) is 3.55. The number of aromatic nitrogens is 3. The zero-order valence-electron chi connectivity index (χ0n) is 19.7. The lowest BCUT2D eigenvalue weighted by atomic mass is 10.2. The fourth-order valence-corrected chi connectivity index (χ4v) is 5.22. The second-order valence-electron chi connectivity index (χ2n) is 9.86. The Hall–Kier alpha value is -0.953. The summed E-state index contributed by atoms with van der Waals surface area (Å²) in [4.78, 5) is 9.52. The van der Waals surface area contributed by atoms with Gasteiger partial charge < -0.3 is 8.99 Å². The first-order valence-electron chi connectivity index (χ1n) is 11.3. The van der Waals surface area contributed by atoms with E-state index in [1.54, 1.807) is 0 Å². The molecule has 7 heteroatoms. The molecule has 3 rings (SSSR count). The average molecular weight is 525 g/mol. The maximum atomic E-state index is 6.56. The first-order valence-corrected chi connectivity index (χ1v) is 15.4. The van der Waals surface area contributed by atoms with Gasteiger partial charge in [0.05, 0.1) is 11.0 Å². The molecule has 0 saturated heterocycles. The highest BCUT2D eigenvalue weighted by Crippen LogP contribution is 2.37. The predicted molar refractivity (Wildman–Crippen MR) is 139 cm³/mol. The third-order valence-corrected chi connectivity index (χ3v) is 11.8. The van der Waals surface area contributed by atoms with Crippen LogP contribution in [0, 0.1) is 0 Å². The van der Waals surface area contributed by atoms with E-state index < -0.39 is 8.32 Å². The molecule has 170 valence electrons. The predicted octanol–water partition coefficient (Wildman–Crippen LogP) is 8.15. The van der Waals surface area contributed by atoms with Gasteiger partial charge in [0.2, 0.25) is 0 Å². The zero-order chi connectivity index (χ0) is 22.8. The van der Waals surface area contributed by atoms with Crippen LogP contribution >= 0.6 is 27.5 Å². The molecule has 0 fully saturated rings. The second kappa shape index (κ2) is 9.90. The van der Waals surface area contributed by atoms with Gasteiger partial charge in [-0.15, -0.1) is 0 Å². The molecule has 0 saturated carbocycles. The van der Waals surface area contributed by atoms with E-state index in [-0.39, 0.29) is 5.04 Å². The number of hydrogen-bond donors (Lipinski definition) is 0. The molecule has 0 aliphatic carbocycles. The molecule has 0 atom stereocenters. The molecule has 0 amide bonds. The topological polar surface area (TPSA) is 39.9 Å². The average Bonchev–Trinajstić information content (AvgIpc) is 3.05. The molecule has 0 radical (unpaired) electrons. The van der Waals surface area contributed by atoms with Crippen LogP contribution in [0.25, 0.3) is 21.9 Å². The molecular weight excluding hydrogens is 490 g/mol. The number of halogens is 2. The summed E-state index contributed by atoms with van der Waals surface area (Å²) in [6, 6.07) is 6.15. The number of imidazole rings is 1. The molecule has 3 aromatic rings. The summed E-state index contributed by atoms with van der Waals surface area (Å²) >= 11 is 10.2. The molecule has 0 spiro atoms. The summed E-state index contributed by atoms with van der Waals surface area (Å²) in [5, 5.41) is 1.83. The summed E-state index contributed by atoms with van der Waals surface area (Å²) < 4.78 is 9.79. The summed E-state index contributed by atoms with van der Waals surface area (Å²) in [5.41, 5.74) is 2.83. The van der Waals surface area contributed by atoms with Gasteiger partial charge in [0.15, 0.2) is 13.5 Å². The van der Waals surface area contributed by atoms with E-state index >= 15 is 0 Å². The van der Waals surface area contributed by atoms with E-state index in [4.69, 9.17) is 21.0 Å². The van der Waals surface area contributed by atoms with E-state index in [2.05, 4.69) is 72.3 Å². The monoisotopic (exact) mass is 523 g/mol. The van der Waals surface area contributed by atoms with Crippen LogP contribution in [0.15, 0.2) is 22.7 Å². The van der Waals surface area contributed by atoms with Crippen molar-refractivity contribution in [3.8, 4) is 0 Å². The maximum Gasteiger partial charge on any atom is 0.191 e. The van der Waals surface area contributed by atoms with Gasteiger partial charge in [-0.05, 0) is 55.6 Å². The standard InChI is InChI=1S/C24H35BrClN3OSi/c1-7-8-11-20-28-21-22(18-16-17(25)12-13-19(18)27-23(21)26)29(20)14-9-10-15-30-31(5,6)24(2,3)4/h12-13,16H,7-11,14-15H2,1-6H3. The van der Waals surface area contributed by atoms with Crippen LogP contribution in [-0.4, -0.2) is 29.5 Å². The molecule has 0 N–H and O–H groups in total. The van der Waals surface area contributed by atoms with Crippen molar-refractivity contribution in [3.63, 3.8) is 0 Å². The number of benzene rings is 1. The Kier molecular flexibility index (Phi) is 7.88. The Labute approximate surface area is 201 Å². The van der Waals surface area contributed by atoms with Crippen LogP contribution in [0.3, 0.4) is 0 Å². The van der Waals surface area contributed by atoms with Crippen LogP contribution in [0.2, 0.25) is 23.3 Å². The van der Waals surface area contributed by atoms with E-state index in [0.29, 0.717) is 5.15 Å². The normalized spacial score (nSPS) is 12.9. The second-order valence-corrected chi connectivity index (χ2v) is 15.9. The number of hydrogen-bond acceptors (Lipinski definition) is 3. The van der Waals surface area contributed by atoms with Crippen LogP contribution in [-0.2, 0) is 17.4 Å². The van der Waals surface area contributed by atoms with Crippen molar-refractivity contribution >= 4 is 57.8 Å². The molecule has 2 aromatic heterocycles. The molecule has 2 heterocycles. The van der Waals surface area contributed by atoms with E-state index in [9.17, 15) is 0 Å². The molecule has 31 heavy (non-hydrogen) atoms. The van der Waals surface area contributed by atoms with Gasteiger partial charge in [-0.25, -0.2) is 9.97 Å². The highest BCUT2D eigenvalue weighted by Gasteiger charge is 2.36. The van der Waals surface area contributed by atoms with Crippen molar-refractivity contribution in [1.29, 1.82) is 0 Å². The first kappa shape index (κ1) is 24.7. The third kappa shape index (κ3) is 5.52. The molecule has 0 unspecified atom stereocenters. The quantitative estimate of drug-likeness (QED) is 0.161. The minimum absolute atomic E-state index is 0.247. The molecule has 1 aromatic carbocycles. The van der Waals surface area contributed by atoms with Crippen molar-refractivity contribution in [2.45, 2.75) is 84.5 Å². The summed E-state index contributed by atoms with van der Waals surface area (Å²) in [5.74, 6) is 1.11. The molecule has 0 aliphatic heterocycles. The van der Waals surface area contributed by atoms with Crippen LogP contribution in [0.5, 0.6) is 0 Å². The number of aryl methyl sites for hydroxylation is 2. The van der Waals surface area contributed by atoms with Gasteiger partial charge in [0.25, 0.3) is 0 Å². The highest BCUT2D eigenvalue weighted by molar-refractivity contribution is 9.10. The molecule has 4 nitrogen and oxygen atoms in total. The Morgan fingerprint density at radius 3 is 2.55 bits per heavy atom. The van der Waals surface area contributed by atoms with Crippen molar-refractivity contribution in [3.05, 3.63) is 33.6 Å². The number of fused-ring (bicyclic) bond motifs is 3. The van der Waals surface area contributed by atoms with Gasteiger partial charge in [0, 0.05) is 29.4 Å². The van der Waals surface area contributed by atoms with E-state index in [0.717, 1.165) is 77.5 Å². The maximum absolute atomic E-state index is 6.56. The van der Waals surface area contributed by atoms with E-state index in [1.165, 1.54) is 0 Å². The van der Waals surface area contributed by atoms with Crippen molar-refractivity contribution < 1.29 is 4.43 Å². The van der Waals surface area contributed by atoms with Gasteiger partial charge in [-0.3, -0.25) is 0 Å². The summed E-state index contributed by atoms with van der Waals surface area (Å²) in [7, 11) is -1.69. The number of rotatable bonds is 9.